The number of aryl methyl sites for hydroxylation is 1. The van der Waals surface area contributed by atoms with Crippen molar-refractivity contribution in [2.24, 2.45) is 5.73 Å². The molecule has 0 saturated carbocycles. The lowest BCUT2D eigenvalue weighted by molar-refractivity contribution is 0.408. The summed E-state index contributed by atoms with van der Waals surface area (Å²) >= 11 is 0. The van der Waals surface area contributed by atoms with Crippen molar-refractivity contribution in [1.29, 1.82) is 0 Å². The third kappa shape index (κ3) is 1.97. The minimum absolute atomic E-state index is 0.0405. The topological polar surface area (TPSA) is 78.0 Å². The van der Waals surface area contributed by atoms with Gasteiger partial charge in [-0.3, -0.25) is 0 Å². The maximum atomic E-state index is 12.1. The van der Waals surface area contributed by atoms with Crippen LogP contribution in [-0.2, 0) is 16.3 Å². The Morgan fingerprint density at radius 1 is 1.28 bits per heavy atom. The molecule has 1 fully saturated rings. The van der Waals surface area contributed by atoms with Crippen molar-refractivity contribution >= 4 is 9.84 Å². The molecule has 2 aliphatic heterocycles. The molecule has 18 heavy (non-hydrogen) atoms. The predicted molar refractivity (Wildman–Crippen MR) is 68.8 cm³/mol. The largest absolute Gasteiger partial charge is 0.319 e. The summed E-state index contributed by atoms with van der Waals surface area (Å²) in [5, 5.41) is -0.406. The fourth-order valence-corrected chi connectivity index (χ4v) is 4.87. The van der Waals surface area contributed by atoms with Gasteiger partial charge < -0.3 is 10.3 Å². The number of nitrogens with two attached hydrogens (primary N) is 1. The van der Waals surface area contributed by atoms with Crippen LogP contribution in [0.5, 0.6) is 0 Å². The second-order valence-electron chi connectivity index (χ2n) is 5.30. The van der Waals surface area contributed by atoms with Crippen molar-refractivity contribution in [2.45, 2.75) is 49.9 Å². The summed E-state index contributed by atoms with van der Waals surface area (Å²) in [6, 6.07) is 0. The lowest BCUT2D eigenvalue weighted by Gasteiger charge is -2.21. The summed E-state index contributed by atoms with van der Waals surface area (Å²) in [7, 11) is -3.01. The Labute approximate surface area is 107 Å². The molecular formula is C12H19N3O2S. The molecule has 2 N–H and O–H groups in total. The Morgan fingerprint density at radius 2 is 2.11 bits per heavy atom. The quantitative estimate of drug-likeness (QED) is 0.834. The second kappa shape index (κ2) is 4.35. The van der Waals surface area contributed by atoms with Crippen molar-refractivity contribution in [1.82, 2.24) is 9.55 Å². The van der Waals surface area contributed by atoms with Crippen LogP contribution in [0.3, 0.4) is 0 Å². The van der Waals surface area contributed by atoms with Crippen LogP contribution < -0.4 is 5.73 Å². The molecule has 1 aromatic heterocycles. The Hall–Kier alpha value is -0.880. The van der Waals surface area contributed by atoms with E-state index in [9.17, 15) is 8.42 Å². The van der Waals surface area contributed by atoms with E-state index in [0.29, 0.717) is 17.9 Å². The molecule has 1 aromatic rings. The van der Waals surface area contributed by atoms with Gasteiger partial charge in [-0.25, -0.2) is 13.4 Å². The molecule has 3 heterocycles. The second-order valence-corrected chi connectivity index (χ2v) is 7.60. The number of fused-ring (bicyclic) bond motifs is 1. The molecule has 0 bridgehead atoms. The standard InChI is InChI=1S/C12H19N3O2S/c13-11-5-3-6-12-14-9(8-15(11)12)10-4-1-2-7-18(10,16)17/h8,10-11H,1-7,13H2. The first-order valence-corrected chi connectivity index (χ1v) is 8.34. The number of rotatable bonds is 1. The summed E-state index contributed by atoms with van der Waals surface area (Å²) in [5.41, 5.74) is 6.74. The summed E-state index contributed by atoms with van der Waals surface area (Å²) in [6.07, 6.45) is 7.17. The van der Waals surface area contributed by atoms with Crippen LogP contribution in [-0.4, -0.2) is 23.7 Å². The van der Waals surface area contributed by atoms with Crippen LogP contribution >= 0.6 is 0 Å². The Kier molecular flexibility index (Phi) is 2.94. The third-order valence-corrected chi connectivity index (χ3v) is 6.20. The van der Waals surface area contributed by atoms with Crippen LogP contribution in [0, 0.1) is 0 Å². The highest BCUT2D eigenvalue weighted by atomic mass is 32.2. The molecule has 0 aliphatic carbocycles. The van der Waals surface area contributed by atoms with Gasteiger partial charge in [0.2, 0.25) is 0 Å². The van der Waals surface area contributed by atoms with Crippen LogP contribution in [0.1, 0.15) is 55.0 Å². The van der Waals surface area contributed by atoms with Crippen LogP contribution in [0.2, 0.25) is 0 Å². The maximum absolute atomic E-state index is 12.1. The van der Waals surface area contributed by atoms with Crippen molar-refractivity contribution in [3.05, 3.63) is 17.7 Å². The van der Waals surface area contributed by atoms with E-state index in [0.717, 1.165) is 37.9 Å². The molecule has 0 radical (unpaired) electrons. The van der Waals surface area contributed by atoms with Gasteiger partial charge in [0.15, 0.2) is 9.84 Å². The molecule has 6 heteroatoms. The first-order chi connectivity index (χ1) is 8.58. The van der Waals surface area contributed by atoms with Crippen molar-refractivity contribution in [3.8, 4) is 0 Å². The van der Waals surface area contributed by atoms with Crippen molar-refractivity contribution in [3.63, 3.8) is 0 Å². The molecular weight excluding hydrogens is 250 g/mol. The molecule has 2 aliphatic rings. The van der Waals surface area contributed by atoms with Gasteiger partial charge in [0.05, 0.1) is 17.6 Å². The highest BCUT2D eigenvalue weighted by Gasteiger charge is 2.33. The molecule has 2 unspecified atom stereocenters. The van der Waals surface area contributed by atoms with Gasteiger partial charge in [-0.1, -0.05) is 6.42 Å². The molecule has 0 spiro atoms. The zero-order chi connectivity index (χ0) is 12.8. The zero-order valence-corrected chi connectivity index (χ0v) is 11.2. The van der Waals surface area contributed by atoms with Gasteiger partial charge in [-0.05, 0) is 25.7 Å². The Balaban J connectivity index is 1.97. The van der Waals surface area contributed by atoms with Crippen LogP contribution in [0.25, 0.3) is 0 Å². The summed E-state index contributed by atoms with van der Waals surface area (Å²) in [4.78, 5) is 4.52. The van der Waals surface area contributed by atoms with Crippen LogP contribution in [0.15, 0.2) is 6.20 Å². The molecule has 2 atom stereocenters. The monoisotopic (exact) mass is 269 g/mol. The minimum atomic E-state index is -3.01. The van der Waals surface area contributed by atoms with Gasteiger partial charge in [0.1, 0.15) is 11.1 Å². The van der Waals surface area contributed by atoms with E-state index in [4.69, 9.17) is 5.73 Å². The molecule has 100 valence electrons. The predicted octanol–water partition coefficient (Wildman–Crippen LogP) is 1.32. The zero-order valence-electron chi connectivity index (χ0n) is 10.4. The first-order valence-electron chi connectivity index (χ1n) is 6.63. The molecule has 1 saturated heterocycles. The van der Waals surface area contributed by atoms with Gasteiger partial charge in [0, 0.05) is 12.6 Å². The first kappa shape index (κ1) is 12.2. The Bertz CT molecular complexity index is 550. The van der Waals surface area contributed by atoms with Gasteiger partial charge >= 0.3 is 0 Å². The highest BCUT2D eigenvalue weighted by molar-refractivity contribution is 7.91. The maximum Gasteiger partial charge on any atom is 0.158 e. The van der Waals surface area contributed by atoms with E-state index in [2.05, 4.69) is 4.98 Å². The molecule has 0 aromatic carbocycles. The summed E-state index contributed by atoms with van der Waals surface area (Å²) in [6.45, 7) is 0. The molecule has 0 amide bonds. The fourth-order valence-electron chi connectivity index (χ4n) is 2.97. The number of hydrogen-bond acceptors (Lipinski definition) is 4. The van der Waals surface area contributed by atoms with E-state index in [1.165, 1.54) is 0 Å². The number of sulfone groups is 1. The molecule has 5 nitrogen and oxygen atoms in total. The normalized spacial score (nSPS) is 30.9. The summed E-state index contributed by atoms with van der Waals surface area (Å²) < 4.78 is 26.2. The van der Waals surface area contributed by atoms with Gasteiger partial charge in [0.25, 0.3) is 0 Å². The number of nitrogens with zero attached hydrogens (tertiary/aromatic N) is 2. The SMILES string of the molecule is NC1CCCc2nc(C3CCCCS3(=O)=O)cn21. The van der Waals surface area contributed by atoms with E-state index >= 15 is 0 Å². The van der Waals surface area contributed by atoms with Gasteiger partial charge in [-0.15, -0.1) is 0 Å². The van der Waals surface area contributed by atoms with E-state index in [1.54, 1.807) is 0 Å². The third-order valence-electron chi connectivity index (χ3n) is 3.99. The average Bonchev–Trinajstić information content (AvgIpc) is 2.73. The van der Waals surface area contributed by atoms with E-state index < -0.39 is 15.1 Å². The van der Waals surface area contributed by atoms with Crippen molar-refractivity contribution < 1.29 is 8.42 Å². The molecule has 3 rings (SSSR count). The van der Waals surface area contributed by atoms with E-state index in [-0.39, 0.29) is 6.17 Å². The Morgan fingerprint density at radius 3 is 2.83 bits per heavy atom. The lowest BCUT2D eigenvalue weighted by Crippen LogP contribution is -2.24. The number of hydrogen-bond donors (Lipinski definition) is 1. The van der Waals surface area contributed by atoms with Crippen LogP contribution in [0.4, 0.5) is 0 Å². The summed E-state index contributed by atoms with van der Waals surface area (Å²) in [5.74, 6) is 1.25. The smallest absolute Gasteiger partial charge is 0.158 e. The minimum Gasteiger partial charge on any atom is -0.319 e. The number of aromatic nitrogens is 2. The van der Waals surface area contributed by atoms with Crippen molar-refractivity contribution in [2.75, 3.05) is 5.75 Å². The van der Waals surface area contributed by atoms with Gasteiger partial charge in [-0.2, -0.15) is 0 Å². The highest BCUT2D eigenvalue weighted by Crippen LogP contribution is 2.34. The fraction of sp³-hybridized carbons (Fsp3) is 0.750. The lowest BCUT2D eigenvalue weighted by atomic mass is 10.1. The number of imidazole rings is 1. The van der Waals surface area contributed by atoms with E-state index in [1.807, 2.05) is 10.8 Å². The average molecular weight is 269 g/mol.